The highest BCUT2D eigenvalue weighted by Gasteiger charge is 2.21. The van der Waals surface area contributed by atoms with Crippen molar-refractivity contribution in [3.63, 3.8) is 0 Å². The van der Waals surface area contributed by atoms with Crippen LogP contribution in [0.4, 0.5) is 11.4 Å². The summed E-state index contributed by atoms with van der Waals surface area (Å²) in [6.45, 7) is 2.10. The summed E-state index contributed by atoms with van der Waals surface area (Å²) in [5.41, 5.74) is 7.27. The lowest BCUT2D eigenvalue weighted by Crippen LogP contribution is -2.18. The lowest BCUT2D eigenvalue weighted by Gasteiger charge is -2.18. The number of rotatable bonds is 4. The van der Waals surface area contributed by atoms with Crippen LogP contribution in [0, 0.1) is 0 Å². The summed E-state index contributed by atoms with van der Waals surface area (Å²) >= 11 is 6.21. The lowest BCUT2D eigenvalue weighted by atomic mass is 10.1. The quantitative estimate of drug-likeness (QED) is 0.656. The number of esters is 1. The van der Waals surface area contributed by atoms with E-state index in [0.717, 1.165) is 12.8 Å². The molecule has 0 atom stereocenters. The maximum Gasteiger partial charge on any atom is 0.340 e. The first-order valence-electron chi connectivity index (χ1n) is 6.64. The average molecular weight is 283 g/mol. The number of anilines is 2. The van der Waals surface area contributed by atoms with Crippen LogP contribution in [-0.4, -0.2) is 18.6 Å². The summed E-state index contributed by atoms with van der Waals surface area (Å²) in [4.78, 5) is 12.0. The van der Waals surface area contributed by atoms with Crippen molar-refractivity contribution in [1.82, 2.24) is 0 Å². The number of hydrogen-bond donors (Lipinski definition) is 2. The largest absolute Gasteiger partial charge is 0.462 e. The van der Waals surface area contributed by atoms with Crippen LogP contribution >= 0.6 is 11.6 Å². The molecule has 0 spiro atoms. The summed E-state index contributed by atoms with van der Waals surface area (Å²) in [6, 6.07) is 3.64. The molecule has 0 amide bonds. The monoisotopic (exact) mass is 282 g/mol. The maximum atomic E-state index is 12.0. The smallest absolute Gasteiger partial charge is 0.340 e. The van der Waals surface area contributed by atoms with Gasteiger partial charge in [-0.05, 0) is 31.9 Å². The van der Waals surface area contributed by atoms with E-state index < -0.39 is 5.97 Å². The molecule has 2 rings (SSSR count). The van der Waals surface area contributed by atoms with E-state index in [2.05, 4.69) is 5.32 Å². The van der Waals surface area contributed by atoms with Gasteiger partial charge in [0.25, 0.3) is 0 Å². The first-order valence-corrected chi connectivity index (χ1v) is 7.02. The van der Waals surface area contributed by atoms with Crippen molar-refractivity contribution in [3.05, 3.63) is 22.7 Å². The van der Waals surface area contributed by atoms with Crippen LogP contribution in [0.2, 0.25) is 5.02 Å². The molecule has 0 aliphatic heterocycles. The zero-order chi connectivity index (χ0) is 13.8. The van der Waals surface area contributed by atoms with E-state index in [9.17, 15) is 4.79 Å². The van der Waals surface area contributed by atoms with Gasteiger partial charge in [0.2, 0.25) is 0 Å². The first kappa shape index (κ1) is 14.0. The molecule has 1 aliphatic rings. The fourth-order valence-corrected chi connectivity index (χ4v) is 2.70. The number of ether oxygens (including phenoxy) is 1. The minimum Gasteiger partial charge on any atom is -0.462 e. The second-order valence-electron chi connectivity index (χ2n) is 4.77. The van der Waals surface area contributed by atoms with Crippen LogP contribution in [-0.2, 0) is 4.74 Å². The molecule has 4 nitrogen and oxygen atoms in total. The number of benzene rings is 1. The Labute approximate surface area is 118 Å². The average Bonchev–Trinajstić information content (AvgIpc) is 2.85. The van der Waals surface area contributed by atoms with Crippen molar-refractivity contribution in [2.45, 2.75) is 38.6 Å². The number of nitrogens with two attached hydrogens (primary N) is 1. The van der Waals surface area contributed by atoms with Gasteiger partial charge in [0.1, 0.15) is 0 Å². The van der Waals surface area contributed by atoms with E-state index in [4.69, 9.17) is 22.1 Å². The number of nitrogens with one attached hydrogen (secondary N) is 1. The van der Waals surface area contributed by atoms with E-state index in [1.165, 1.54) is 12.8 Å². The first-order chi connectivity index (χ1) is 9.11. The SMILES string of the molecule is CCOC(=O)c1cc(N)cc(Cl)c1NC1CCCC1. The highest BCUT2D eigenvalue weighted by Crippen LogP contribution is 2.32. The summed E-state index contributed by atoms with van der Waals surface area (Å²) in [7, 11) is 0. The minimum atomic E-state index is -0.391. The van der Waals surface area contributed by atoms with Gasteiger partial charge in [-0.2, -0.15) is 0 Å². The van der Waals surface area contributed by atoms with Crippen LogP contribution in [0.15, 0.2) is 12.1 Å². The van der Waals surface area contributed by atoms with Crippen LogP contribution in [0.25, 0.3) is 0 Å². The number of hydrogen-bond acceptors (Lipinski definition) is 4. The van der Waals surface area contributed by atoms with Gasteiger partial charge in [-0.25, -0.2) is 4.79 Å². The third kappa shape index (κ3) is 3.32. The molecule has 1 aromatic carbocycles. The number of halogens is 1. The Hall–Kier alpha value is -1.42. The number of nitrogen functional groups attached to an aromatic ring is 1. The van der Waals surface area contributed by atoms with Gasteiger partial charge in [-0.15, -0.1) is 0 Å². The van der Waals surface area contributed by atoms with E-state index in [-0.39, 0.29) is 0 Å². The Bertz CT molecular complexity index is 471. The second-order valence-corrected chi connectivity index (χ2v) is 5.18. The summed E-state index contributed by atoms with van der Waals surface area (Å²) in [5, 5.41) is 3.82. The Morgan fingerprint density at radius 1 is 1.47 bits per heavy atom. The zero-order valence-corrected chi connectivity index (χ0v) is 11.8. The summed E-state index contributed by atoms with van der Waals surface area (Å²) in [6.07, 6.45) is 4.62. The van der Waals surface area contributed by atoms with E-state index in [1.54, 1.807) is 19.1 Å². The van der Waals surface area contributed by atoms with Gasteiger partial charge in [-0.1, -0.05) is 24.4 Å². The normalized spacial score (nSPS) is 15.5. The molecule has 1 fully saturated rings. The molecule has 1 saturated carbocycles. The van der Waals surface area contributed by atoms with Crippen molar-refractivity contribution in [2.75, 3.05) is 17.7 Å². The Morgan fingerprint density at radius 2 is 2.16 bits per heavy atom. The van der Waals surface area contributed by atoms with Crippen LogP contribution in [0.1, 0.15) is 43.0 Å². The van der Waals surface area contributed by atoms with Gasteiger partial charge < -0.3 is 15.8 Å². The molecule has 0 radical (unpaired) electrons. The predicted octanol–water partition coefficient (Wildman–Crippen LogP) is 3.45. The molecule has 0 aromatic heterocycles. The lowest BCUT2D eigenvalue weighted by molar-refractivity contribution is 0.0527. The third-order valence-corrected chi connectivity index (χ3v) is 3.61. The van der Waals surface area contributed by atoms with Gasteiger partial charge in [0.15, 0.2) is 0 Å². The van der Waals surface area contributed by atoms with Crippen molar-refractivity contribution in [1.29, 1.82) is 0 Å². The van der Waals surface area contributed by atoms with Gasteiger partial charge in [0, 0.05) is 11.7 Å². The second kappa shape index (κ2) is 6.15. The van der Waals surface area contributed by atoms with Gasteiger partial charge >= 0.3 is 5.97 Å². The molecular weight excluding hydrogens is 264 g/mol. The predicted molar refractivity (Wildman–Crippen MR) is 77.7 cm³/mol. The highest BCUT2D eigenvalue weighted by atomic mass is 35.5. The Kier molecular flexibility index (Phi) is 4.53. The molecular formula is C14H19ClN2O2. The Morgan fingerprint density at radius 3 is 2.79 bits per heavy atom. The third-order valence-electron chi connectivity index (χ3n) is 3.31. The molecule has 0 saturated heterocycles. The number of carbonyl (C=O) groups excluding carboxylic acids is 1. The van der Waals surface area contributed by atoms with Crippen molar-refractivity contribution in [3.8, 4) is 0 Å². The van der Waals surface area contributed by atoms with Crippen LogP contribution in [0.5, 0.6) is 0 Å². The van der Waals surface area contributed by atoms with Crippen LogP contribution < -0.4 is 11.1 Å². The molecule has 1 aliphatic carbocycles. The van der Waals surface area contributed by atoms with E-state index in [1.807, 2.05) is 0 Å². The standard InChI is InChI=1S/C14H19ClN2O2/c1-2-19-14(18)11-7-9(16)8-12(15)13(11)17-10-5-3-4-6-10/h7-8,10,17H,2-6,16H2,1H3. The minimum absolute atomic E-state index is 0.328. The fraction of sp³-hybridized carbons (Fsp3) is 0.500. The molecule has 0 unspecified atom stereocenters. The van der Waals surface area contributed by atoms with Crippen molar-refractivity contribution in [2.24, 2.45) is 0 Å². The maximum absolute atomic E-state index is 12.0. The topological polar surface area (TPSA) is 64.3 Å². The van der Waals surface area contributed by atoms with Gasteiger partial charge in [-0.3, -0.25) is 0 Å². The van der Waals surface area contributed by atoms with E-state index in [0.29, 0.717) is 34.6 Å². The summed E-state index contributed by atoms with van der Waals surface area (Å²) < 4.78 is 5.05. The van der Waals surface area contributed by atoms with E-state index >= 15 is 0 Å². The Balaban J connectivity index is 2.30. The molecule has 0 heterocycles. The molecule has 104 valence electrons. The van der Waals surface area contributed by atoms with Crippen molar-refractivity contribution < 1.29 is 9.53 Å². The molecule has 1 aromatic rings. The molecule has 3 N–H and O–H groups in total. The molecule has 0 bridgehead atoms. The highest BCUT2D eigenvalue weighted by molar-refractivity contribution is 6.34. The number of carbonyl (C=O) groups is 1. The summed E-state index contributed by atoms with van der Waals surface area (Å²) in [5.74, 6) is -0.391. The van der Waals surface area contributed by atoms with Gasteiger partial charge in [0.05, 0.1) is 22.9 Å². The molecule has 5 heteroatoms. The zero-order valence-electron chi connectivity index (χ0n) is 11.0. The van der Waals surface area contributed by atoms with Crippen LogP contribution in [0.3, 0.4) is 0 Å². The molecule has 19 heavy (non-hydrogen) atoms. The fourth-order valence-electron chi connectivity index (χ4n) is 2.42. The van der Waals surface area contributed by atoms with Crippen molar-refractivity contribution >= 4 is 28.9 Å².